The summed E-state index contributed by atoms with van der Waals surface area (Å²) in [6.45, 7) is 7.97. The molecule has 2 N–H and O–H groups in total. The van der Waals surface area contributed by atoms with E-state index in [1.54, 1.807) is 0 Å². The van der Waals surface area contributed by atoms with Gasteiger partial charge in [0.2, 0.25) is 0 Å². The Labute approximate surface area is 173 Å². The third-order valence-corrected chi connectivity index (χ3v) is 3.78. The standard InChI is InChI=1S/C21H36O8/c1-3-11-21(25)29-17-19(23)15-27-13-10-8-6-5-7-9-12-26-14-18(22)16-28-20(24)4-2/h3-4,18-19,22-23H,1-2,5-17H2. The van der Waals surface area contributed by atoms with Crippen molar-refractivity contribution in [3.8, 4) is 0 Å². The van der Waals surface area contributed by atoms with Crippen molar-refractivity contribution in [2.45, 2.75) is 57.2 Å². The maximum absolute atomic E-state index is 11.1. The van der Waals surface area contributed by atoms with Crippen LogP contribution in [0.4, 0.5) is 0 Å². The van der Waals surface area contributed by atoms with Gasteiger partial charge >= 0.3 is 11.9 Å². The van der Waals surface area contributed by atoms with Crippen LogP contribution in [0.25, 0.3) is 0 Å². The fourth-order valence-electron chi connectivity index (χ4n) is 2.25. The number of esters is 2. The molecule has 0 saturated carbocycles. The lowest BCUT2D eigenvalue weighted by molar-refractivity contribution is -0.146. The molecule has 0 radical (unpaired) electrons. The van der Waals surface area contributed by atoms with Gasteiger partial charge in [-0.25, -0.2) is 4.79 Å². The Morgan fingerprint density at radius 1 is 0.759 bits per heavy atom. The molecule has 0 amide bonds. The minimum absolute atomic E-state index is 0.0637. The largest absolute Gasteiger partial charge is 0.463 e. The molecular weight excluding hydrogens is 380 g/mol. The molecule has 0 spiro atoms. The van der Waals surface area contributed by atoms with E-state index in [9.17, 15) is 19.8 Å². The molecule has 8 nitrogen and oxygen atoms in total. The second-order valence-corrected chi connectivity index (χ2v) is 6.59. The van der Waals surface area contributed by atoms with Crippen molar-refractivity contribution in [1.82, 2.24) is 0 Å². The summed E-state index contributed by atoms with van der Waals surface area (Å²) in [4.78, 5) is 22.0. The minimum Gasteiger partial charge on any atom is -0.463 e. The number of rotatable bonds is 20. The molecule has 0 aliphatic carbocycles. The second-order valence-electron chi connectivity index (χ2n) is 6.59. The van der Waals surface area contributed by atoms with E-state index in [1.807, 2.05) is 0 Å². The highest BCUT2D eigenvalue weighted by Gasteiger charge is 2.08. The van der Waals surface area contributed by atoms with Gasteiger partial charge in [0.05, 0.1) is 19.6 Å². The van der Waals surface area contributed by atoms with Crippen LogP contribution in [0.3, 0.4) is 0 Å². The van der Waals surface area contributed by atoms with E-state index in [1.165, 1.54) is 6.08 Å². The molecule has 2 atom stereocenters. The van der Waals surface area contributed by atoms with Crippen LogP contribution in [0.1, 0.15) is 44.9 Å². The molecule has 0 rings (SSSR count). The Morgan fingerprint density at radius 2 is 1.24 bits per heavy atom. The van der Waals surface area contributed by atoms with Crippen LogP contribution in [-0.4, -0.2) is 74.0 Å². The highest BCUT2D eigenvalue weighted by molar-refractivity contribution is 5.81. The molecule has 0 aromatic rings. The second kappa shape index (κ2) is 19.6. The molecule has 0 bridgehead atoms. The summed E-state index contributed by atoms with van der Waals surface area (Å²) < 4.78 is 20.3. The molecule has 2 unspecified atom stereocenters. The Morgan fingerprint density at radius 3 is 1.72 bits per heavy atom. The summed E-state index contributed by atoms with van der Waals surface area (Å²) in [5.41, 5.74) is 0. The van der Waals surface area contributed by atoms with Crippen molar-refractivity contribution in [2.24, 2.45) is 0 Å². The predicted molar refractivity (Wildman–Crippen MR) is 108 cm³/mol. The van der Waals surface area contributed by atoms with Crippen molar-refractivity contribution in [3.05, 3.63) is 25.3 Å². The van der Waals surface area contributed by atoms with Gasteiger partial charge < -0.3 is 29.2 Å². The maximum atomic E-state index is 11.1. The summed E-state index contributed by atoms with van der Waals surface area (Å²) in [5.74, 6) is -0.968. The van der Waals surface area contributed by atoms with E-state index >= 15 is 0 Å². The van der Waals surface area contributed by atoms with Crippen molar-refractivity contribution in [2.75, 3.05) is 39.6 Å². The van der Waals surface area contributed by atoms with Crippen LogP contribution in [0.2, 0.25) is 0 Å². The lowest BCUT2D eigenvalue weighted by Crippen LogP contribution is -2.23. The van der Waals surface area contributed by atoms with Gasteiger partial charge in [0.1, 0.15) is 25.4 Å². The number of hydrogen-bond donors (Lipinski definition) is 2. The van der Waals surface area contributed by atoms with Crippen molar-refractivity contribution in [3.63, 3.8) is 0 Å². The first-order chi connectivity index (χ1) is 14.0. The lowest BCUT2D eigenvalue weighted by atomic mass is 10.1. The fourth-order valence-corrected chi connectivity index (χ4v) is 2.25. The third-order valence-electron chi connectivity index (χ3n) is 3.78. The van der Waals surface area contributed by atoms with Gasteiger partial charge in [-0.05, 0) is 12.8 Å². The molecule has 0 heterocycles. The average molecular weight is 417 g/mol. The Bertz CT molecular complexity index is 452. The molecule has 0 aromatic heterocycles. The van der Waals surface area contributed by atoms with Gasteiger partial charge in [-0.3, -0.25) is 4.79 Å². The van der Waals surface area contributed by atoms with Crippen LogP contribution in [0.5, 0.6) is 0 Å². The van der Waals surface area contributed by atoms with E-state index in [0.717, 1.165) is 44.6 Å². The van der Waals surface area contributed by atoms with Gasteiger partial charge in [0.15, 0.2) is 0 Å². The van der Waals surface area contributed by atoms with E-state index in [0.29, 0.717) is 13.2 Å². The molecule has 0 aromatic carbocycles. The van der Waals surface area contributed by atoms with E-state index in [-0.39, 0.29) is 32.8 Å². The molecular formula is C21H36O8. The van der Waals surface area contributed by atoms with Gasteiger partial charge in [-0.2, -0.15) is 0 Å². The third kappa shape index (κ3) is 19.4. The smallest absolute Gasteiger partial charge is 0.330 e. The molecule has 168 valence electrons. The van der Waals surface area contributed by atoms with Gasteiger partial charge in [0.25, 0.3) is 0 Å². The number of aliphatic hydroxyl groups excluding tert-OH is 2. The number of aliphatic hydroxyl groups is 2. The molecule has 0 aliphatic rings. The molecule has 0 aliphatic heterocycles. The van der Waals surface area contributed by atoms with Crippen LogP contribution in [-0.2, 0) is 28.5 Å². The van der Waals surface area contributed by atoms with Gasteiger partial charge in [0, 0.05) is 19.3 Å². The predicted octanol–water partition coefficient (Wildman–Crippen LogP) is 1.93. The molecule has 29 heavy (non-hydrogen) atoms. The van der Waals surface area contributed by atoms with Crippen LogP contribution in [0, 0.1) is 0 Å². The quantitative estimate of drug-likeness (QED) is 0.134. The average Bonchev–Trinajstić information content (AvgIpc) is 2.71. The van der Waals surface area contributed by atoms with Crippen molar-refractivity contribution >= 4 is 11.9 Å². The Hall–Kier alpha value is -1.74. The van der Waals surface area contributed by atoms with Crippen LogP contribution < -0.4 is 0 Å². The number of carbonyl (C=O) groups excluding carboxylic acids is 2. The van der Waals surface area contributed by atoms with E-state index in [2.05, 4.69) is 13.2 Å². The first-order valence-electron chi connectivity index (χ1n) is 10.1. The topological polar surface area (TPSA) is 112 Å². The number of unbranched alkanes of at least 4 members (excludes halogenated alkanes) is 5. The lowest BCUT2D eigenvalue weighted by Gasteiger charge is -2.11. The zero-order valence-electron chi connectivity index (χ0n) is 17.3. The van der Waals surface area contributed by atoms with E-state index in [4.69, 9.17) is 18.9 Å². The van der Waals surface area contributed by atoms with Crippen molar-refractivity contribution < 1.29 is 38.7 Å². The number of carbonyl (C=O) groups is 2. The van der Waals surface area contributed by atoms with E-state index < -0.39 is 24.1 Å². The van der Waals surface area contributed by atoms with Crippen LogP contribution in [0.15, 0.2) is 25.3 Å². The summed E-state index contributed by atoms with van der Waals surface area (Å²) in [6.07, 6.45) is 7.08. The zero-order valence-corrected chi connectivity index (χ0v) is 17.3. The number of ether oxygens (including phenoxy) is 4. The Kier molecular flexibility index (Phi) is 18.4. The SMILES string of the molecule is C=CCC(=O)OCC(O)COCCCCCCCCOCC(O)COC(=O)C=C. The fraction of sp³-hybridized carbons (Fsp3) is 0.714. The molecule has 0 saturated heterocycles. The maximum Gasteiger partial charge on any atom is 0.330 e. The van der Waals surface area contributed by atoms with Crippen LogP contribution >= 0.6 is 0 Å². The minimum atomic E-state index is -0.823. The monoisotopic (exact) mass is 416 g/mol. The normalized spacial score (nSPS) is 12.8. The first-order valence-corrected chi connectivity index (χ1v) is 10.1. The first kappa shape index (κ1) is 27.3. The summed E-state index contributed by atoms with van der Waals surface area (Å²) in [6, 6.07) is 0. The highest BCUT2D eigenvalue weighted by atomic mass is 16.6. The highest BCUT2D eigenvalue weighted by Crippen LogP contribution is 2.06. The summed E-state index contributed by atoms with van der Waals surface area (Å²) >= 11 is 0. The summed E-state index contributed by atoms with van der Waals surface area (Å²) in [7, 11) is 0. The summed E-state index contributed by atoms with van der Waals surface area (Å²) in [5, 5.41) is 19.2. The van der Waals surface area contributed by atoms with Gasteiger partial charge in [-0.15, -0.1) is 6.58 Å². The van der Waals surface area contributed by atoms with Gasteiger partial charge in [-0.1, -0.05) is 38.3 Å². The van der Waals surface area contributed by atoms with Crippen molar-refractivity contribution in [1.29, 1.82) is 0 Å². The molecule has 8 heteroatoms. The Balaban J connectivity index is 3.31. The molecule has 0 fully saturated rings. The number of hydrogen-bond acceptors (Lipinski definition) is 8. The zero-order chi connectivity index (χ0) is 21.7.